The van der Waals surface area contributed by atoms with Gasteiger partial charge in [-0.1, -0.05) is 11.6 Å². The van der Waals surface area contributed by atoms with Crippen molar-refractivity contribution in [2.45, 2.75) is 31.0 Å². The maximum Gasteiger partial charge on any atom is 0.126 e. The molecule has 3 rings (SSSR count). The van der Waals surface area contributed by atoms with Crippen LogP contribution < -0.4 is 4.74 Å². The molecule has 0 aliphatic carbocycles. The van der Waals surface area contributed by atoms with Crippen LogP contribution in [-0.2, 0) is 4.74 Å². The molecule has 2 aliphatic heterocycles. The van der Waals surface area contributed by atoms with E-state index in [1.54, 1.807) is 12.1 Å². The number of fused-ring (bicyclic) bond motifs is 1. The van der Waals surface area contributed by atoms with Crippen molar-refractivity contribution in [3.63, 3.8) is 0 Å². The van der Waals surface area contributed by atoms with Crippen LogP contribution in [0.5, 0.6) is 5.75 Å². The fraction of sp³-hybridized carbons (Fsp3) is 0.538. The minimum absolute atomic E-state index is 0.251. The van der Waals surface area contributed by atoms with Crippen molar-refractivity contribution in [1.29, 1.82) is 0 Å². The predicted molar refractivity (Wildman–Crippen MR) is 64.4 cm³/mol. The first kappa shape index (κ1) is 11.3. The van der Waals surface area contributed by atoms with Crippen molar-refractivity contribution in [2.75, 3.05) is 13.2 Å². The van der Waals surface area contributed by atoms with E-state index in [-0.39, 0.29) is 5.60 Å². The van der Waals surface area contributed by atoms with Gasteiger partial charge in [0.05, 0.1) is 19.3 Å². The Balaban J connectivity index is 1.94. The van der Waals surface area contributed by atoms with Gasteiger partial charge in [-0.2, -0.15) is 0 Å². The lowest BCUT2D eigenvalue weighted by atomic mass is 9.83. The molecule has 92 valence electrons. The highest BCUT2D eigenvalue weighted by Gasteiger charge is 2.41. The van der Waals surface area contributed by atoms with E-state index in [9.17, 15) is 5.11 Å². The molecule has 1 fully saturated rings. The second-order valence-corrected chi connectivity index (χ2v) is 5.24. The van der Waals surface area contributed by atoms with Crippen LogP contribution in [0.3, 0.4) is 0 Å². The van der Waals surface area contributed by atoms with Crippen LogP contribution in [0.1, 0.15) is 30.9 Å². The zero-order valence-electron chi connectivity index (χ0n) is 9.49. The molecule has 0 bridgehead atoms. The van der Waals surface area contributed by atoms with Gasteiger partial charge in [0.25, 0.3) is 0 Å². The fourth-order valence-corrected chi connectivity index (χ4v) is 2.84. The summed E-state index contributed by atoms with van der Waals surface area (Å²) in [5.41, 5.74) is 0.549. The van der Waals surface area contributed by atoms with Gasteiger partial charge in [0.15, 0.2) is 0 Å². The van der Waals surface area contributed by atoms with Gasteiger partial charge in [-0.15, -0.1) is 0 Å². The van der Waals surface area contributed by atoms with Crippen molar-refractivity contribution in [1.82, 2.24) is 0 Å². The molecular formula is C13H15ClO3. The van der Waals surface area contributed by atoms with E-state index in [1.165, 1.54) is 0 Å². The highest BCUT2D eigenvalue weighted by Crippen LogP contribution is 2.44. The van der Waals surface area contributed by atoms with Gasteiger partial charge in [0, 0.05) is 29.8 Å². The molecule has 3 nitrogen and oxygen atoms in total. The van der Waals surface area contributed by atoms with Gasteiger partial charge in [-0.3, -0.25) is 0 Å². The maximum absolute atomic E-state index is 10.2. The minimum atomic E-state index is -0.490. The van der Waals surface area contributed by atoms with Gasteiger partial charge in [-0.05, 0) is 18.2 Å². The molecular weight excluding hydrogens is 240 g/mol. The van der Waals surface area contributed by atoms with Crippen LogP contribution in [-0.4, -0.2) is 23.9 Å². The first-order chi connectivity index (χ1) is 8.19. The van der Waals surface area contributed by atoms with Crippen molar-refractivity contribution in [3.8, 4) is 5.75 Å². The Morgan fingerprint density at radius 2 is 2.06 bits per heavy atom. The first-order valence-electron chi connectivity index (χ1n) is 5.93. The summed E-state index contributed by atoms with van der Waals surface area (Å²) in [6.07, 6.45) is 1.82. The molecule has 1 aromatic rings. The number of aliphatic hydroxyl groups excluding tert-OH is 1. The third-order valence-corrected chi connectivity index (χ3v) is 3.86. The monoisotopic (exact) mass is 254 g/mol. The first-order valence-corrected chi connectivity index (χ1v) is 6.31. The molecule has 1 atom stereocenters. The van der Waals surface area contributed by atoms with Crippen LogP contribution in [0.4, 0.5) is 0 Å². The lowest BCUT2D eigenvalue weighted by molar-refractivity contribution is -0.0839. The number of ether oxygens (including phenoxy) is 2. The maximum atomic E-state index is 10.2. The second-order valence-electron chi connectivity index (χ2n) is 4.80. The highest BCUT2D eigenvalue weighted by atomic mass is 35.5. The Hall–Kier alpha value is -0.770. The van der Waals surface area contributed by atoms with E-state index in [1.807, 2.05) is 6.07 Å². The van der Waals surface area contributed by atoms with Gasteiger partial charge in [0.1, 0.15) is 11.4 Å². The number of aliphatic hydroxyl groups is 1. The number of hydrogen-bond donors (Lipinski definition) is 1. The molecule has 1 unspecified atom stereocenters. The number of benzene rings is 1. The highest BCUT2D eigenvalue weighted by molar-refractivity contribution is 6.30. The zero-order valence-corrected chi connectivity index (χ0v) is 10.2. The fourth-order valence-electron chi connectivity index (χ4n) is 2.66. The van der Waals surface area contributed by atoms with Gasteiger partial charge in [0.2, 0.25) is 0 Å². The summed E-state index contributed by atoms with van der Waals surface area (Å²) in [6.45, 7) is 1.41. The van der Waals surface area contributed by atoms with E-state index in [0.29, 0.717) is 24.7 Å². The van der Waals surface area contributed by atoms with E-state index in [2.05, 4.69) is 0 Å². The minimum Gasteiger partial charge on any atom is -0.487 e. The second kappa shape index (κ2) is 4.16. The average Bonchev–Trinajstić information content (AvgIpc) is 2.31. The number of hydrogen-bond acceptors (Lipinski definition) is 3. The van der Waals surface area contributed by atoms with Crippen LogP contribution >= 0.6 is 11.6 Å². The average molecular weight is 255 g/mol. The Bertz CT molecular complexity index is 427. The van der Waals surface area contributed by atoms with Crippen LogP contribution in [0.25, 0.3) is 0 Å². The molecule has 1 N–H and O–H groups in total. The molecule has 1 saturated heterocycles. The molecule has 1 spiro atoms. The van der Waals surface area contributed by atoms with Crippen LogP contribution in [0.2, 0.25) is 5.02 Å². The van der Waals surface area contributed by atoms with Gasteiger partial charge >= 0.3 is 0 Å². The Kier molecular flexibility index (Phi) is 2.77. The summed E-state index contributed by atoms with van der Waals surface area (Å²) in [4.78, 5) is 0. The van der Waals surface area contributed by atoms with E-state index < -0.39 is 6.10 Å². The normalized spacial score (nSPS) is 26.4. The van der Waals surface area contributed by atoms with E-state index >= 15 is 0 Å². The van der Waals surface area contributed by atoms with Crippen LogP contribution in [0, 0.1) is 0 Å². The molecule has 0 radical (unpaired) electrons. The smallest absolute Gasteiger partial charge is 0.126 e. The summed E-state index contributed by atoms with van der Waals surface area (Å²) >= 11 is 5.93. The SMILES string of the molecule is OC1CC2(CCOCC2)Oc2ccc(Cl)cc21. The van der Waals surface area contributed by atoms with Crippen molar-refractivity contribution < 1.29 is 14.6 Å². The van der Waals surface area contributed by atoms with Crippen molar-refractivity contribution >= 4 is 11.6 Å². The summed E-state index contributed by atoms with van der Waals surface area (Å²) < 4.78 is 11.4. The molecule has 2 heterocycles. The van der Waals surface area contributed by atoms with E-state index in [4.69, 9.17) is 21.1 Å². The molecule has 0 aromatic heterocycles. The van der Waals surface area contributed by atoms with E-state index in [0.717, 1.165) is 24.2 Å². The molecule has 4 heteroatoms. The quantitative estimate of drug-likeness (QED) is 0.774. The largest absolute Gasteiger partial charge is 0.487 e. The van der Waals surface area contributed by atoms with Crippen molar-refractivity contribution in [3.05, 3.63) is 28.8 Å². The summed E-state index contributed by atoms with van der Waals surface area (Å²) in [7, 11) is 0. The Morgan fingerprint density at radius 1 is 1.29 bits per heavy atom. The summed E-state index contributed by atoms with van der Waals surface area (Å²) in [5.74, 6) is 0.759. The third kappa shape index (κ3) is 2.03. The third-order valence-electron chi connectivity index (χ3n) is 3.63. The zero-order chi connectivity index (χ0) is 11.9. The summed E-state index contributed by atoms with van der Waals surface area (Å²) in [5, 5.41) is 10.9. The van der Waals surface area contributed by atoms with Gasteiger partial charge < -0.3 is 14.6 Å². The van der Waals surface area contributed by atoms with Crippen LogP contribution in [0.15, 0.2) is 18.2 Å². The molecule has 0 amide bonds. The molecule has 1 aromatic carbocycles. The standard InChI is InChI=1S/C13H15ClO3/c14-9-1-2-12-10(7-9)11(15)8-13(17-12)3-5-16-6-4-13/h1-2,7,11,15H,3-6,8H2. The lowest BCUT2D eigenvalue weighted by Crippen LogP contribution is -2.45. The van der Waals surface area contributed by atoms with Gasteiger partial charge in [-0.25, -0.2) is 0 Å². The molecule has 17 heavy (non-hydrogen) atoms. The predicted octanol–water partition coefficient (Wildman–Crippen LogP) is 2.71. The van der Waals surface area contributed by atoms with Crippen molar-refractivity contribution in [2.24, 2.45) is 0 Å². The summed E-state index contributed by atoms with van der Waals surface area (Å²) in [6, 6.07) is 5.43. The molecule has 0 saturated carbocycles. The lowest BCUT2D eigenvalue weighted by Gasteiger charge is -2.43. The topological polar surface area (TPSA) is 38.7 Å². The Morgan fingerprint density at radius 3 is 2.82 bits per heavy atom. The number of halogens is 1. The Labute approximate surface area is 105 Å². The number of rotatable bonds is 0. The molecule has 2 aliphatic rings.